The highest BCUT2D eigenvalue weighted by molar-refractivity contribution is 6.30. The molecule has 0 spiro atoms. The molecule has 2 aliphatic rings. The Morgan fingerprint density at radius 2 is 1.95 bits per heavy atom. The Labute approximate surface area is 248 Å². The van der Waals surface area contributed by atoms with Crippen molar-refractivity contribution in [3.63, 3.8) is 0 Å². The number of carboxylic acid groups (broad SMARTS) is 1. The molecule has 0 bridgehead atoms. The lowest BCUT2D eigenvalue weighted by Gasteiger charge is -2.32. The number of carbonyl (C=O) groups is 1. The summed E-state index contributed by atoms with van der Waals surface area (Å²) >= 11 is 5.97. The van der Waals surface area contributed by atoms with Gasteiger partial charge in [0.05, 0.1) is 47.0 Å². The van der Waals surface area contributed by atoms with Gasteiger partial charge in [-0.1, -0.05) is 17.7 Å². The highest BCUT2D eigenvalue weighted by Gasteiger charge is 2.26. The van der Waals surface area contributed by atoms with Crippen molar-refractivity contribution >= 4 is 28.6 Å². The van der Waals surface area contributed by atoms with Crippen LogP contribution in [0.4, 0.5) is 0 Å². The van der Waals surface area contributed by atoms with Crippen LogP contribution in [0, 0.1) is 11.3 Å². The zero-order valence-electron chi connectivity index (χ0n) is 22.9. The van der Waals surface area contributed by atoms with Crippen LogP contribution in [-0.4, -0.2) is 62.4 Å². The average molecular weight is 588 g/mol. The fraction of sp³-hybridized carbons (Fsp3) is 0.355. The molecule has 0 saturated carbocycles. The number of hydrogen-bond acceptors (Lipinski definition) is 8. The summed E-state index contributed by atoms with van der Waals surface area (Å²) in [7, 11) is 0. The molecule has 0 aliphatic carbocycles. The van der Waals surface area contributed by atoms with Crippen molar-refractivity contribution in [3.8, 4) is 17.7 Å². The summed E-state index contributed by atoms with van der Waals surface area (Å²) in [6.07, 6.45) is 2.83. The van der Waals surface area contributed by atoms with Gasteiger partial charge in [-0.25, -0.2) is 14.8 Å². The summed E-state index contributed by atoms with van der Waals surface area (Å²) in [5.41, 5.74) is 2.95. The molecule has 4 aromatic rings. The van der Waals surface area contributed by atoms with E-state index in [0.29, 0.717) is 41.0 Å². The molecule has 42 heavy (non-hydrogen) atoms. The first-order valence-corrected chi connectivity index (χ1v) is 14.3. The van der Waals surface area contributed by atoms with Crippen LogP contribution in [0.15, 0.2) is 54.6 Å². The monoisotopic (exact) mass is 587 g/mol. The molecular formula is C31H30ClN5O5. The third-order valence-corrected chi connectivity index (χ3v) is 7.89. The number of hydrogen-bond donors (Lipinski definition) is 1. The van der Waals surface area contributed by atoms with Crippen molar-refractivity contribution in [2.75, 3.05) is 19.7 Å². The van der Waals surface area contributed by atoms with E-state index in [2.05, 4.69) is 20.5 Å². The fourth-order valence-electron chi connectivity index (χ4n) is 5.29. The Morgan fingerprint density at radius 3 is 2.69 bits per heavy atom. The molecule has 1 atom stereocenters. The van der Waals surface area contributed by atoms with Gasteiger partial charge in [0.15, 0.2) is 0 Å². The van der Waals surface area contributed by atoms with E-state index in [1.165, 1.54) is 0 Å². The number of benzene rings is 2. The predicted octanol–water partition coefficient (Wildman–Crippen LogP) is 5.07. The van der Waals surface area contributed by atoms with E-state index in [1.807, 2.05) is 18.2 Å². The van der Waals surface area contributed by atoms with Gasteiger partial charge in [-0.2, -0.15) is 5.26 Å². The van der Waals surface area contributed by atoms with E-state index in [4.69, 9.17) is 30.8 Å². The van der Waals surface area contributed by atoms with Crippen molar-refractivity contribution in [2.45, 2.75) is 51.2 Å². The molecule has 10 nitrogen and oxygen atoms in total. The van der Waals surface area contributed by atoms with E-state index >= 15 is 0 Å². The number of nitriles is 1. The minimum absolute atomic E-state index is 0.0340. The molecule has 6 rings (SSSR count). The van der Waals surface area contributed by atoms with Crippen LogP contribution in [0.3, 0.4) is 0 Å². The van der Waals surface area contributed by atoms with Gasteiger partial charge in [0, 0.05) is 30.8 Å². The first-order chi connectivity index (χ1) is 20.4. The minimum Gasteiger partial charge on any atom is -0.486 e. The second-order valence-corrected chi connectivity index (χ2v) is 11.0. The maximum atomic E-state index is 11.6. The van der Waals surface area contributed by atoms with Crippen LogP contribution < -0.4 is 9.47 Å². The van der Waals surface area contributed by atoms with Crippen LogP contribution in [0.1, 0.15) is 46.7 Å². The summed E-state index contributed by atoms with van der Waals surface area (Å²) in [6.45, 7) is 3.96. The smallest absolute Gasteiger partial charge is 0.335 e. The van der Waals surface area contributed by atoms with E-state index in [-0.39, 0.29) is 24.4 Å². The number of ether oxygens (including phenoxy) is 3. The number of pyridine rings is 1. The Morgan fingerprint density at radius 1 is 1.12 bits per heavy atom. The number of fused-ring (bicyclic) bond motifs is 1. The van der Waals surface area contributed by atoms with Crippen LogP contribution in [-0.2, 0) is 24.4 Å². The van der Waals surface area contributed by atoms with Gasteiger partial charge in [0.1, 0.15) is 30.4 Å². The number of carboxylic acids is 1. The maximum absolute atomic E-state index is 11.6. The molecule has 0 radical (unpaired) electrons. The zero-order chi connectivity index (χ0) is 29.1. The first-order valence-electron chi connectivity index (χ1n) is 14.0. The second kappa shape index (κ2) is 12.4. The molecule has 11 heteroatoms. The molecule has 0 amide bonds. The highest BCUT2D eigenvalue weighted by atomic mass is 35.5. The van der Waals surface area contributed by atoms with E-state index in [9.17, 15) is 15.2 Å². The molecule has 1 N–H and O–H groups in total. The lowest BCUT2D eigenvalue weighted by atomic mass is 10.1. The normalized spacial score (nSPS) is 17.5. The minimum atomic E-state index is -0.949. The number of rotatable bonds is 10. The number of halogens is 1. The van der Waals surface area contributed by atoms with Gasteiger partial charge in [-0.15, -0.1) is 0 Å². The van der Waals surface area contributed by atoms with Crippen molar-refractivity contribution in [1.29, 1.82) is 5.26 Å². The first kappa shape index (κ1) is 28.0. The highest BCUT2D eigenvalue weighted by Crippen LogP contribution is 2.26. The van der Waals surface area contributed by atoms with E-state index in [0.717, 1.165) is 55.8 Å². The summed E-state index contributed by atoms with van der Waals surface area (Å²) in [6, 6.07) is 17.7. The number of imidazole rings is 1. The van der Waals surface area contributed by atoms with Crippen molar-refractivity contribution < 1.29 is 24.1 Å². The second-order valence-electron chi connectivity index (χ2n) is 10.5. The van der Waals surface area contributed by atoms with Crippen molar-refractivity contribution in [1.82, 2.24) is 19.4 Å². The summed E-state index contributed by atoms with van der Waals surface area (Å²) < 4.78 is 19.9. The van der Waals surface area contributed by atoms with E-state index < -0.39 is 5.97 Å². The number of nitrogens with zero attached hydrogens (tertiary/aromatic N) is 5. The standard InChI is InChI=1S/C31H30ClN5O5/c32-22-5-7-28(21(14-22)16-33)41-19-23-2-1-3-30(34-23)42-24-8-11-36(12-9-24)18-29-35-26-6-4-20(31(38)39)15-27(26)37(29)17-25-10-13-40-25/h1-7,14-15,24-25H,8-13,17-19H2,(H,38,39)/t25-/m0/s1. The number of aromatic nitrogens is 3. The molecule has 2 aliphatic heterocycles. The summed E-state index contributed by atoms with van der Waals surface area (Å²) in [5.74, 6) is 0.966. The summed E-state index contributed by atoms with van der Waals surface area (Å²) in [5, 5.41) is 19.3. The third-order valence-electron chi connectivity index (χ3n) is 7.66. The Bertz CT molecular complexity index is 1640. The van der Waals surface area contributed by atoms with Gasteiger partial charge >= 0.3 is 5.97 Å². The molecular weight excluding hydrogens is 558 g/mol. The molecule has 4 heterocycles. The van der Waals surface area contributed by atoms with Crippen LogP contribution in [0.5, 0.6) is 11.6 Å². The topological polar surface area (TPSA) is 123 Å². The largest absolute Gasteiger partial charge is 0.486 e. The van der Waals surface area contributed by atoms with Gasteiger partial charge in [-0.05, 0) is 61.7 Å². The van der Waals surface area contributed by atoms with Crippen LogP contribution in [0.2, 0.25) is 5.02 Å². The van der Waals surface area contributed by atoms with Gasteiger partial charge < -0.3 is 23.9 Å². The quantitative estimate of drug-likeness (QED) is 0.271. The van der Waals surface area contributed by atoms with Gasteiger partial charge in [-0.3, -0.25) is 4.90 Å². The molecule has 2 saturated heterocycles. The van der Waals surface area contributed by atoms with E-state index in [1.54, 1.807) is 36.4 Å². The molecule has 216 valence electrons. The lowest BCUT2D eigenvalue weighted by Crippen LogP contribution is -2.39. The average Bonchev–Trinajstić information content (AvgIpc) is 3.31. The van der Waals surface area contributed by atoms with Crippen LogP contribution in [0.25, 0.3) is 11.0 Å². The molecule has 2 fully saturated rings. The number of likely N-dealkylation sites (tertiary alicyclic amines) is 1. The summed E-state index contributed by atoms with van der Waals surface area (Å²) in [4.78, 5) is 23.4. The zero-order valence-corrected chi connectivity index (χ0v) is 23.7. The van der Waals surface area contributed by atoms with Gasteiger partial charge in [0.25, 0.3) is 0 Å². The fourth-order valence-corrected chi connectivity index (χ4v) is 5.46. The molecule has 0 unspecified atom stereocenters. The Balaban J connectivity index is 1.06. The van der Waals surface area contributed by atoms with Crippen LogP contribution >= 0.6 is 11.6 Å². The number of piperidine rings is 1. The Hall–Kier alpha value is -4.17. The predicted molar refractivity (Wildman–Crippen MR) is 155 cm³/mol. The lowest BCUT2D eigenvalue weighted by molar-refractivity contribution is -0.0592. The van der Waals surface area contributed by atoms with Gasteiger partial charge in [0.2, 0.25) is 5.88 Å². The van der Waals surface area contributed by atoms with Crippen molar-refractivity contribution in [2.24, 2.45) is 0 Å². The number of aromatic carboxylic acids is 1. The molecule has 2 aromatic heterocycles. The van der Waals surface area contributed by atoms with Crippen molar-refractivity contribution in [3.05, 3.63) is 82.3 Å². The third kappa shape index (κ3) is 6.34. The SMILES string of the molecule is N#Cc1cc(Cl)ccc1OCc1cccc(OC2CCN(Cc3nc4ccc(C(=O)O)cc4n3C[C@@H]3CCO3)CC2)n1. The molecule has 2 aromatic carbocycles. The Kier molecular flexibility index (Phi) is 8.24. The maximum Gasteiger partial charge on any atom is 0.335 e.